The molecule has 5 nitrogen and oxygen atoms in total. The number of hydrogen-bond donors (Lipinski definition) is 1. The summed E-state index contributed by atoms with van der Waals surface area (Å²) in [5.41, 5.74) is 0. The third-order valence-corrected chi connectivity index (χ3v) is 3.05. The summed E-state index contributed by atoms with van der Waals surface area (Å²) in [5, 5.41) is 2.41. The number of nitrogens with one attached hydrogen (secondary N) is 1. The second-order valence-corrected chi connectivity index (χ2v) is 5.99. The molecule has 10 heteroatoms. The predicted octanol–water partition coefficient (Wildman–Crippen LogP) is 1.01. The van der Waals surface area contributed by atoms with Crippen molar-refractivity contribution in [2.75, 3.05) is 23.9 Å². The standard InChI is InChI=1S/C6H8F3N3O2S2/c1-16(13,14)3-2-10-5-11-4(12-15-5)6(7,8)9/h2-3H2,1H3,(H,10,11,12). The van der Waals surface area contributed by atoms with Gasteiger partial charge in [-0.05, 0) is 0 Å². The molecule has 1 aromatic rings. The molecule has 0 amide bonds. The van der Waals surface area contributed by atoms with E-state index in [0.717, 1.165) is 6.26 Å². The largest absolute Gasteiger partial charge is 0.452 e. The minimum Gasteiger partial charge on any atom is -0.359 e. The van der Waals surface area contributed by atoms with Gasteiger partial charge in [0.25, 0.3) is 0 Å². The summed E-state index contributed by atoms with van der Waals surface area (Å²) in [6.07, 6.45) is -3.54. The molecule has 0 aliphatic rings. The lowest BCUT2D eigenvalue weighted by Gasteiger charge is -2.00. The molecule has 0 fully saturated rings. The Morgan fingerprint density at radius 3 is 2.50 bits per heavy atom. The fraction of sp³-hybridized carbons (Fsp3) is 0.667. The van der Waals surface area contributed by atoms with E-state index < -0.39 is 21.8 Å². The van der Waals surface area contributed by atoms with Crippen LogP contribution in [0.5, 0.6) is 0 Å². The Morgan fingerprint density at radius 1 is 1.44 bits per heavy atom. The van der Waals surface area contributed by atoms with E-state index in [-0.39, 0.29) is 17.4 Å². The summed E-state index contributed by atoms with van der Waals surface area (Å²) >= 11 is 0.540. The van der Waals surface area contributed by atoms with Crippen molar-refractivity contribution in [3.63, 3.8) is 0 Å². The molecule has 0 radical (unpaired) electrons. The van der Waals surface area contributed by atoms with Crippen LogP contribution >= 0.6 is 11.5 Å². The highest BCUT2D eigenvalue weighted by Gasteiger charge is 2.36. The molecule has 1 aromatic heterocycles. The summed E-state index contributed by atoms with van der Waals surface area (Å²) in [4.78, 5) is 3.18. The first-order chi connectivity index (χ1) is 7.18. The van der Waals surface area contributed by atoms with Gasteiger partial charge in [-0.2, -0.15) is 22.5 Å². The van der Waals surface area contributed by atoms with Crippen molar-refractivity contribution in [1.29, 1.82) is 0 Å². The van der Waals surface area contributed by atoms with Crippen LogP contribution in [0.2, 0.25) is 0 Å². The molecule has 1 rings (SSSR count). The monoisotopic (exact) mass is 275 g/mol. The molecular weight excluding hydrogens is 267 g/mol. The van der Waals surface area contributed by atoms with Crippen LogP contribution < -0.4 is 5.32 Å². The number of aromatic nitrogens is 2. The Morgan fingerprint density at radius 2 is 2.06 bits per heavy atom. The summed E-state index contributed by atoms with van der Waals surface area (Å²) < 4.78 is 60.8. The van der Waals surface area contributed by atoms with Crippen molar-refractivity contribution in [2.45, 2.75) is 6.18 Å². The molecule has 0 saturated carbocycles. The number of sulfone groups is 1. The van der Waals surface area contributed by atoms with Gasteiger partial charge in [-0.1, -0.05) is 0 Å². The third kappa shape index (κ3) is 4.31. The van der Waals surface area contributed by atoms with Crippen LogP contribution in [0.4, 0.5) is 18.3 Å². The SMILES string of the molecule is CS(=O)(=O)CCNc1nc(C(F)(F)F)ns1. The molecule has 0 bridgehead atoms. The van der Waals surface area contributed by atoms with Crippen LogP contribution in [-0.2, 0) is 16.0 Å². The quantitative estimate of drug-likeness (QED) is 0.888. The Bertz CT molecular complexity index is 454. The van der Waals surface area contributed by atoms with Crippen LogP contribution in [0.1, 0.15) is 5.82 Å². The van der Waals surface area contributed by atoms with E-state index >= 15 is 0 Å². The fourth-order valence-corrected chi connectivity index (χ4v) is 1.84. The highest BCUT2D eigenvalue weighted by atomic mass is 32.2. The van der Waals surface area contributed by atoms with E-state index in [4.69, 9.17) is 0 Å². The van der Waals surface area contributed by atoms with Crippen molar-refractivity contribution in [1.82, 2.24) is 9.36 Å². The van der Waals surface area contributed by atoms with Gasteiger partial charge in [-0.15, -0.1) is 0 Å². The highest BCUT2D eigenvalue weighted by Crippen LogP contribution is 2.28. The number of halogens is 3. The van der Waals surface area contributed by atoms with Gasteiger partial charge in [0.2, 0.25) is 11.0 Å². The lowest BCUT2D eigenvalue weighted by molar-refractivity contribution is -0.144. The van der Waals surface area contributed by atoms with E-state index in [1.165, 1.54) is 0 Å². The van der Waals surface area contributed by atoms with Gasteiger partial charge in [-0.25, -0.2) is 8.42 Å². The first kappa shape index (κ1) is 13.2. The third-order valence-electron chi connectivity index (χ3n) is 1.43. The second kappa shape index (κ2) is 4.53. The van der Waals surface area contributed by atoms with Crippen molar-refractivity contribution in [3.8, 4) is 0 Å². The fourth-order valence-electron chi connectivity index (χ4n) is 0.754. The van der Waals surface area contributed by atoms with Gasteiger partial charge in [0.05, 0.1) is 5.75 Å². The first-order valence-corrected chi connectivity index (χ1v) is 6.84. The summed E-state index contributed by atoms with van der Waals surface area (Å²) in [5.74, 6) is -1.40. The highest BCUT2D eigenvalue weighted by molar-refractivity contribution is 7.90. The molecule has 92 valence electrons. The maximum absolute atomic E-state index is 12.1. The molecule has 0 aliphatic heterocycles. The number of anilines is 1. The summed E-state index contributed by atoms with van der Waals surface area (Å²) in [7, 11) is -3.14. The molecule has 16 heavy (non-hydrogen) atoms. The molecule has 0 atom stereocenters. The maximum Gasteiger partial charge on any atom is 0.452 e. The smallest absolute Gasteiger partial charge is 0.359 e. The molecule has 0 unspecified atom stereocenters. The average molecular weight is 275 g/mol. The molecule has 1 heterocycles. The second-order valence-electron chi connectivity index (χ2n) is 2.98. The van der Waals surface area contributed by atoms with E-state index in [2.05, 4.69) is 14.7 Å². The first-order valence-electron chi connectivity index (χ1n) is 4.01. The Hall–Kier alpha value is -0.900. The van der Waals surface area contributed by atoms with E-state index in [1.54, 1.807) is 0 Å². The molecule has 0 aromatic carbocycles. The van der Waals surface area contributed by atoms with E-state index in [1.807, 2.05) is 0 Å². The molecule has 0 saturated heterocycles. The van der Waals surface area contributed by atoms with Gasteiger partial charge in [0.15, 0.2) is 0 Å². The zero-order chi connectivity index (χ0) is 12.4. The zero-order valence-corrected chi connectivity index (χ0v) is 9.71. The molecule has 0 aliphatic carbocycles. The maximum atomic E-state index is 12.1. The zero-order valence-electron chi connectivity index (χ0n) is 8.08. The van der Waals surface area contributed by atoms with Gasteiger partial charge in [-0.3, -0.25) is 0 Å². The minimum atomic E-state index is -4.58. The van der Waals surface area contributed by atoms with Crippen molar-refractivity contribution in [2.24, 2.45) is 0 Å². The normalized spacial score (nSPS) is 12.8. The summed E-state index contributed by atoms with van der Waals surface area (Å²) in [6, 6.07) is 0. The molecule has 0 spiro atoms. The number of nitrogens with zero attached hydrogens (tertiary/aromatic N) is 2. The predicted molar refractivity (Wildman–Crippen MR) is 53.1 cm³/mol. The van der Waals surface area contributed by atoms with Crippen LogP contribution in [-0.4, -0.2) is 36.3 Å². The lowest BCUT2D eigenvalue weighted by atomic mass is 10.6. The number of rotatable bonds is 4. The van der Waals surface area contributed by atoms with Gasteiger partial charge >= 0.3 is 6.18 Å². The van der Waals surface area contributed by atoms with Crippen molar-refractivity contribution in [3.05, 3.63) is 5.82 Å². The van der Waals surface area contributed by atoms with Crippen molar-refractivity contribution < 1.29 is 21.6 Å². The van der Waals surface area contributed by atoms with Crippen LogP contribution in [0.15, 0.2) is 0 Å². The lowest BCUT2D eigenvalue weighted by Crippen LogP contribution is -2.14. The van der Waals surface area contributed by atoms with E-state index in [0.29, 0.717) is 11.5 Å². The van der Waals surface area contributed by atoms with Gasteiger partial charge < -0.3 is 5.32 Å². The Labute approximate surface area is 93.8 Å². The van der Waals surface area contributed by atoms with Crippen LogP contribution in [0.3, 0.4) is 0 Å². The Balaban J connectivity index is 2.54. The average Bonchev–Trinajstić information content (AvgIpc) is 2.49. The topological polar surface area (TPSA) is 72.0 Å². The van der Waals surface area contributed by atoms with Gasteiger partial charge in [0.1, 0.15) is 9.84 Å². The molecular formula is C6H8F3N3O2S2. The van der Waals surface area contributed by atoms with Crippen LogP contribution in [0, 0.1) is 0 Å². The molecule has 1 N–H and O–H groups in total. The van der Waals surface area contributed by atoms with E-state index in [9.17, 15) is 21.6 Å². The van der Waals surface area contributed by atoms with Crippen molar-refractivity contribution >= 4 is 26.5 Å². The summed E-state index contributed by atoms with van der Waals surface area (Å²) in [6.45, 7) is 0.00528. The van der Waals surface area contributed by atoms with Gasteiger partial charge in [0, 0.05) is 24.3 Å². The number of alkyl halides is 3. The van der Waals surface area contributed by atoms with Crippen LogP contribution in [0.25, 0.3) is 0 Å². The number of hydrogen-bond acceptors (Lipinski definition) is 6. The Kier molecular flexibility index (Phi) is 3.73. The minimum absolute atomic E-state index is 0.00528.